The number of carbonyl (C=O) groups is 2. The molecule has 0 unspecified atom stereocenters. The highest BCUT2D eigenvalue weighted by atomic mass is 16.5. The van der Waals surface area contributed by atoms with E-state index in [0.717, 1.165) is 43.9 Å². The Bertz CT molecular complexity index is 772. The summed E-state index contributed by atoms with van der Waals surface area (Å²) in [5, 5.41) is 11.5. The number of benzene rings is 2. The Hall–Kier alpha value is -2.74. The van der Waals surface area contributed by atoms with Gasteiger partial charge in [0.25, 0.3) is 11.8 Å². The zero-order valence-electron chi connectivity index (χ0n) is 15.8. The predicted octanol–water partition coefficient (Wildman–Crippen LogP) is 1.24. The number of piperazine rings is 1. The van der Waals surface area contributed by atoms with E-state index >= 15 is 0 Å². The summed E-state index contributed by atoms with van der Waals surface area (Å²) in [6.07, 6.45) is 0. The molecule has 7 heteroatoms. The van der Waals surface area contributed by atoms with E-state index in [9.17, 15) is 9.59 Å². The van der Waals surface area contributed by atoms with Gasteiger partial charge in [-0.25, -0.2) is 5.48 Å². The van der Waals surface area contributed by atoms with Crippen LogP contribution in [0.5, 0.6) is 0 Å². The summed E-state index contributed by atoms with van der Waals surface area (Å²) >= 11 is 0. The van der Waals surface area contributed by atoms with Crippen molar-refractivity contribution in [2.24, 2.45) is 0 Å². The molecule has 148 valence electrons. The lowest BCUT2D eigenvalue weighted by Gasteiger charge is -2.34. The van der Waals surface area contributed by atoms with Gasteiger partial charge >= 0.3 is 0 Å². The fourth-order valence-corrected chi connectivity index (χ4v) is 3.24. The molecule has 1 heterocycles. The van der Waals surface area contributed by atoms with Crippen LogP contribution in [0.4, 0.5) is 0 Å². The molecular formula is C21H26N4O3. The largest absolute Gasteiger partial charge is 0.348 e. The Kier molecular flexibility index (Phi) is 7.13. The lowest BCUT2D eigenvalue weighted by molar-refractivity contribution is -0.130. The van der Waals surface area contributed by atoms with Crippen molar-refractivity contribution >= 4 is 11.8 Å². The van der Waals surface area contributed by atoms with E-state index in [0.29, 0.717) is 12.1 Å². The highest BCUT2D eigenvalue weighted by Crippen LogP contribution is 2.10. The number of carbonyl (C=O) groups excluding carboxylic acids is 2. The summed E-state index contributed by atoms with van der Waals surface area (Å²) in [6.45, 7) is 4.83. The second-order valence-electron chi connectivity index (χ2n) is 6.95. The van der Waals surface area contributed by atoms with Crippen molar-refractivity contribution in [3.63, 3.8) is 0 Å². The third kappa shape index (κ3) is 5.88. The molecule has 2 amide bonds. The second kappa shape index (κ2) is 9.98. The molecule has 0 saturated carbocycles. The van der Waals surface area contributed by atoms with Gasteiger partial charge in [-0.2, -0.15) is 0 Å². The van der Waals surface area contributed by atoms with Gasteiger partial charge in [0.05, 0.1) is 6.54 Å². The summed E-state index contributed by atoms with van der Waals surface area (Å²) in [6, 6.07) is 17.5. The standard InChI is InChI=1S/C21H26N4O3/c26-20(23-28)16-25-12-10-24(11-13-25)15-18-6-8-19(9-7-18)21(27)22-14-17-4-2-1-3-5-17/h1-9,28H,10-16H2,(H,22,27)(H,23,26). The zero-order chi connectivity index (χ0) is 19.8. The van der Waals surface area contributed by atoms with Crippen molar-refractivity contribution in [3.8, 4) is 0 Å². The van der Waals surface area contributed by atoms with Gasteiger partial charge in [-0.3, -0.25) is 24.6 Å². The van der Waals surface area contributed by atoms with Crippen LogP contribution in [-0.4, -0.2) is 59.5 Å². The van der Waals surface area contributed by atoms with Crippen LogP contribution in [0.15, 0.2) is 54.6 Å². The highest BCUT2D eigenvalue weighted by molar-refractivity contribution is 5.94. The molecule has 7 nitrogen and oxygen atoms in total. The van der Waals surface area contributed by atoms with Crippen LogP contribution in [0.1, 0.15) is 21.5 Å². The first-order valence-corrected chi connectivity index (χ1v) is 9.43. The molecule has 0 radical (unpaired) electrons. The van der Waals surface area contributed by atoms with E-state index in [2.05, 4.69) is 10.2 Å². The number of hydroxylamine groups is 1. The first-order valence-electron chi connectivity index (χ1n) is 9.43. The number of nitrogens with one attached hydrogen (secondary N) is 2. The third-order valence-electron chi connectivity index (χ3n) is 4.88. The number of hydrogen-bond donors (Lipinski definition) is 3. The van der Waals surface area contributed by atoms with E-state index in [4.69, 9.17) is 5.21 Å². The second-order valence-corrected chi connectivity index (χ2v) is 6.95. The molecule has 2 aromatic carbocycles. The van der Waals surface area contributed by atoms with Gasteiger partial charge in [-0.05, 0) is 23.3 Å². The topological polar surface area (TPSA) is 84.9 Å². The number of rotatable bonds is 7. The molecular weight excluding hydrogens is 356 g/mol. The van der Waals surface area contributed by atoms with Crippen LogP contribution in [0, 0.1) is 0 Å². The van der Waals surface area contributed by atoms with E-state index in [1.165, 1.54) is 0 Å². The first-order chi connectivity index (χ1) is 13.6. The van der Waals surface area contributed by atoms with E-state index < -0.39 is 0 Å². The van der Waals surface area contributed by atoms with E-state index in [1.54, 1.807) is 5.48 Å². The minimum atomic E-state index is -0.380. The molecule has 1 saturated heterocycles. The first kappa shape index (κ1) is 20.0. The van der Waals surface area contributed by atoms with Crippen molar-refractivity contribution in [1.82, 2.24) is 20.6 Å². The van der Waals surface area contributed by atoms with Gasteiger partial charge in [-0.15, -0.1) is 0 Å². The number of amides is 2. The van der Waals surface area contributed by atoms with Gasteiger partial charge in [0, 0.05) is 44.8 Å². The molecule has 28 heavy (non-hydrogen) atoms. The fourth-order valence-electron chi connectivity index (χ4n) is 3.24. The van der Waals surface area contributed by atoms with Crippen LogP contribution in [0.2, 0.25) is 0 Å². The Labute approximate surface area is 164 Å². The molecule has 0 atom stereocenters. The molecule has 3 rings (SSSR count). The van der Waals surface area contributed by atoms with Crippen molar-refractivity contribution in [3.05, 3.63) is 71.3 Å². The third-order valence-corrected chi connectivity index (χ3v) is 4.88. The fraction of sp³-hybridized carbons (Fsp3) is 0.333. The van der Waals surface area contributed by atoms with Crippen LogP contribution in [0.3, 0.4) is 0 Å². The number of nitrogens with zero attached hydrogens (tertiary/aromatic N) is 2. The van der Waals surface area contributed by atoms with Gasteiger partial charge in [0.15, 0.2) is 0 Å². The summed E-state index contributed by atoms with van der Waals surface area (Å²) in [5.74, 6) is -0.458. The van der Waals surface area contributed by atoms with Gasteiger partial charge in [0.1, 0.15) is 0 Å². The molecule has 0 aliphatic carbocycles. The maximum atomic E-state index is 12.3. The molecule has 1 fully saturated rings. The molecule has 1 aliphatic rings. The maximum absolute atomic E-state index is 12.3. The van der Waals surface area contributed by atoms with Gasteiger partial charge in [0.2, 0.25) is 0 Å². The van der Waals surface area contributed by atoms with Crippen LogP contribution in [0.25, 0.3) is 0 Å². The average molecular weight is 382 g/mol. The quantitative estimate of drug-likeness (QED) is 0.496. The summed E-state index contributed by atoms with van der Waals surface area (Å²) in [5.41, 5.74) is 4.55. The van der Waals surface area contributed by atoms with Gasteiger partial charge in [-0.1, -0.05) is 42.5 Å². The zero-order valence-corrected chi connectivity index (χ0v) is 15.8. The number of hydrogen-bond acceptors (Lipinski definition) is 5. The van der Waals surface area contributed by atoms with Crippen LogP contribution < -0.4 is 10.8 Å². The normalized spacial score (nSPS) is 15.2. The van der Waals surface area contributed by atoms with Crippen LogP contribution in [-0.2, 0) is 17.9 Å². The molecule has 0 bridgehead atoms. The van der Waals surface area contributed by atoms with Crippen molar-refractivity contribution in [2.45, 2.75) is 13.1 Å². The minimum absolute atomic E-state index is 0.0776. The van der Waals surface area contributed by atoms with E-state index in [-0.39, 0.29) is 18.4 Å². The highest BCUT2D eigenvalue weighted by Gasteiger charge is 2.18. The smallest absolute Gasteiger partial charge is 0.257 e. The molecule has 0 spiro atoms. The van der Waals surface area contributed by atoms with Crippen LogP contribution >= 0.6 is 0 Å². The summed E-state index contributed by atoms with van der Waals surface area (Å²) < 4.78 is 0. The lowest BCUT2D eigenvalue weighted by Crippen LogP contribution is -2.48. The Morgan fingerprint density at radius 3 is 2.14 bits per heavy atom. The summed E-state index contributed by atoms with van der Waals surface area (Å²) in [7, 11) is 0. The van der Waals surface area contributed by atoms with Crippen molar-refractivity contribution < 1.29 is 14.8 Å². The Morgan fingerprint density at radius 2 is 1.50 bits per heavy atom. The monoisotopic (exact) mass is 382 g/mol. The molecule has 1 aliphatic heterocycles. The van der Waals surface area contributed by atoms with Crippen molar-refractivity contribution in [1.29, 1.82) is 0 Å². The average Bonchev–Trinajstić information content (AvgIpc) is 2.74. The predicted molar refractivity (Wildman–Crippen MR) is 106 cm³/mol. The van der Waals surface area contributed by atoms with Crippen molar-refractivity contribution in [2.75, 3.05) is 32.7 Å². The van der Waals surface area contributed by atoms with E-state index in [1.807, 2.05) is 59.5 Å². The lowest BCUT2D eigenvalue weighted by atomic mass is 10.1. The molecule has 2 aromatic rings. The Balaban J connectivity index is 1.44. The Morgan fingerprint density at radius 1 is 0.857 bits per heavy atom. The minimum Gasteiger partial charge on any atom is -0.348 e. The SMILES string of the molecule is O=C(CN1CCN(Cc2ccc(C(=O)NCc3ccccc3)cc2)CC1)NO. The maximum Gasteiger partial charge on any atom is 0.257 e. The van der Waals surface area contributed by atoms with Gasteiger partial charge < -0.3 is 5.32 Å². The summed E-state index contributed by atoms with van der Waals surface area (Å²) in [4.78, 5) is 27.8. The molecule has 0 aromatic heterocycles. The molecule has 3 N–H and O–H groups in total.